The molecular formula is C21H24ClN3O3. The summed E-state index contributed by atoms with van der Waals surface area (Å²) >= 11 is 0. The van der Waals surface area contributed by atoms with E-state index in [9.17, 15) is 9.59 Å². The lowest BCUT2D eigenvalue weighted by molar-refractivity contribution is -0.128. The summed E-state index contributed by atoms with van der Waals surface area (Å²) in [6.45, 7) is 1.68. The molecule has 0 spiro atoms. The zero-order chi connectivity index (χ0) is 19.0. The number of anilines is 2. The zero-order valence-corrected chi connectivity index (χ0v) is 16.5. The van der Waals surface area contributed by atoms with Crippen molar-refractivity contribution in [2.45, 2.75) is 38.3 Å². The normalized spacial score (nSPS) is 20.3. The van der Waals surface area contributed by atoms with Crippen LogP contribution in [0.1, 0.15) is 36.9 Å². The van der Waals surface area contributed by atoms with E-state index in [1.54, 1.807) is 13.0 Å². The third-order valence-corrected chi connectivity index (χ3v) is 5.19. The highest BCUT2D eigenvalue weighted by Gasteiger charge is 2.33. The molecule has 0 fully saturated rings. The summed E-state index contributed by atoms with van der Waals surface area (Å²) in [7, 11) is 0. The molecule has 2 aromatic rings. The van der Waals surface area contributed by atoms with Crippen molar-refractivity contribution in [2.75, 3.05) is 17.2 Å². The van der Waals surface area contributed by atoms with Crippen LogP contribution in [0.4, 0.5) is 11.4 Å². The maximum Gasteiger partial charge on any atom is 0.268 e. The third-order valence-electron chi connectivity index (χ3n) is 5.19. The third kappa shape index (κ3) is 3.78. The molecule has 1 aliphatic heterocycles. The molecule has 2 amide bonds. The zero-order valence-electron chi connectivity index (χ0n) is 15.7. The van der Waals surface area contributed by atoms with E-state index in [0.29, 0.717) is 11.4 Å². The van der Waals surface area contributed by atoms with Crippen molar-refractivity contribution in [1.82, 2.24) is 5.32 Å². The number of para-hydroxylation sites is 2. The van der Waals surface area contributed by atoms with Crippen LogP contribution in [0.15, 0.2) is 42.5 Å². The first-order chi connectivity index (χ1) is 13.0. The summed E-state index contributed by atoms with van der Waals surface area (Å²) in [4.78, 5) is 26.8. The van der Waals surface area contributed by atoms with Crippen LogP contribution in [0, 0.1) is 0 Å². The molecular weight excluding hydrogens is 378 g/mol. The fourth-order valence-electron chi connectivity index (χ4n) is 3.89. The minimum Gasteiger partial charge on any atom is -0.479 e. The van der Waals surface area contributed by atoms with Gasteiger partial charge in [0.25, 0.3) is 5.91 Å². The Kier molecular flexibility index (Phi) is 5.79. The molecule has 2 aromatic carbocycles. The molecule has 4 rings (SSSR count). The van der Waals surface area contributed by atoms with E-state index in [1.165, 1.54) is 10.5 Å². The number of hydrogen-bond acceptors (Lipinski definition) is 4. The average Bonchev–Trinajstić information content (AvgIpc) is 2.65. The number of benzene rings is 2. The lowest BCUT2D eigenvalue weighted by Gasteiger charge is -2.33. The van der Waals surface area contributed by atoms with Crippen LogP contribution >= 0.6 is 12.4 Å². The second kappa shape index (κ2) is 8.10. The summed E-state index contributed by atoms with van der Waals surface area (Å²) < 4.78 is 5.63. The van der Waals surface area contributed by atoms with Crippen LogP contribution in [0.25, 0.3) is 0 Å². The number of fused-ring (bicyclic) bond motifs is 2. The lowest BCUT2D eigenvalue weighted by Crippen LogP contribution is -2.49. The molecule has 7 heteroatoms. The minimum absolute atomic E-state index is 0. The molecule has 28 heavy (non-hydrogen) atoms. The van der Waals surface area contributed by atoms with Crippen LogP contribution in [0.2, 0.25) is 0 Å². The van der Waals surface area contributed by atoms with Gasteiger partial charge in [-0.1, -0.05) is 18.2 Å². The van der Waals surface area contributed by atoms with Crippen molar-refractivity contribution < 1.29 is 14.3 Å². The first-order valence-corrected chi connectivity index (χ1v) is 9.27. The van der Waals surface area contributed by atoms with Gasteiger partial charge in [0.15, 0.2) is 6.10 Å². The highest BCUT2D eigenvalue weighted by atomic mass is 35.5. The van der Waals surface area contributed by atoms with Crippen LogP contribution in [-0.2, 0) is 16.0 Å². The van der Waals surface area contributed by atoms with Gasteiger partial charge in [-0.25, -0.2) is 0 Å². The summed E-state index contributed by atoms with van der Waals surface area (Å²) in [6, 6.07) is 13.1. The Bertz CT molecular complexity index is 902. The van der Waals surface area contributed by atoms with Crippen molar-refractivity contribution in [3.05, 3.63) is 53.6 Å². The number of aryl methyl sites for hydroxylation is 1. The molecule has 1 heterocycles. The maximum atomic E-state index is 12.7. The smallest absolute Gasteiger partial charge is 0.268 e. The van der Waals surface area contributed by atoms with Gasteiger partial charge in [0, 0.05) is 5.69 Å². The number of amides is 2. The maximum absolute atomic E-state index is 12.7. The summed E-state index contributed by atoms with van der Waals surface area (Å²) in [5.74, 6) is 0.235. The van der Waals surface area contributed by atoms with Gasteiger partial charge < -0.3 is 15.8 Å². The second-order valence-corrected chi connectivity index (χ2v) is 7.12. The van der Waals surface area contributed by atoms with Gasteiger partial charge in [0.1, 0.15) is 12.3 Å². The molecule has 0 saturated heterocycles. The predicted molar refractivity (Wildman–Crippen MR) is 111 cm³/mol. The average molecular weight is 402 g/mol. The van der Waals surface area contributed by atoms with Crippen molar-refractivity contribution >= 4 is 35.6 Å². The lowest BCUT2D eigenvalue weighted by atomic mass is 9.87. The fourth-order valence-corrected chi connectivity index (χ4v) is 3.89. The van der Waals surface area contributed by atoms with Crippen molar-refractivity contribution in [2.24, 2.45) is 0 Å². The van der Waals surface area contributed by atoms with Gasteiger partial charge in [-0.05, 0) is 61.6 Å². The monoisotopic (exact) mass is 401 g/mol. The molecule has 2 atom stereocenters. The number of carbonyl (C=O) groups excluding carboxylic acids is 2. The minimum atomic E-state index is -0.605. The fraction of sp³-hybridized carbons (Fsp3) is 0.333. The Balaban J connectivity index is 0.00000225. The molecule has 2 aliphatic rings. The number of nitrogens with two attached hydrogens (primary N) is 1. The number of nitrogens with zero attached hydrogens (tertiary/aromatic N) is 1. The van der Waals surface area contributed by atoms with Crippen LogP contribution in [0.5, 0.6) is 5.75 Å². The first kappa shape index (κ1) is 20.0. The molecule has 148 valence electrons. The Labute approximate surface area is 170 Å². The van der Waals surface area contributed by atoms with Gasteiger partial charge >= 0.3 is 0 Å². The van der Waals surface area contributed by atoms with Crippen molar-refractivity contribution in [1.29, 1.82) is 0 Å². The van der Waals surface area contributed by atoms with Gasteiger partial charge in [0.05, 0.1) is 11.7 Å². The van der Waals surface area contributed by atoms with E-state index in [0.717, 1.165) is 30.5 Å². The van der Waals surface area contributed by atoms with E-state index in [2.05, 4.69) is 5.32 Å². The highest BCUT2D eigenvalue weighted by molar-refractivity contribution is 6.03. The van der Waals surface area contributed by atoms with Crippen molar-refractivity contribution in [3.63, 3.8) is 0 Å². The number of ether oxygens (including phenoxy) is 1. The van der Waals surface area contributed by atoms with Gasteiger partial charge in [-0.15, -0.1) is 12.4 Å². The SMILES string of the molecule is CC1Oc2ccccc2N(CC(=O)NC2CCCc3cc(N)ccc32)C1=O.Cl. The van der Waals surface area contributed by atoms with Crippen molar-refractivity contribution in [3.8, 4) is 5.75 Å². The van der Waals surface area contributed by atoms with Gasteiger partial charge in [0.2, 0.25) is 5.91 Å². The molecule has 0 aromatic heterocycles. The molecule has 1 aliphatic carbocycles. The van der Waals surface area contributed by atoms with Gasteiger partial charge in [-0.3, -0.25) is 14.5 Å². The standard InChI is InChI=1S/C21H23N3O3.ClH/c1-13-21(26)24(18-7-2-3-8-19(18)27-13)12-20(25)23-17-6-4-5-14-11-15(22)9-10-16(14)17;/h2-3,7-11,13,17H,4-6,12,22H2,1H3,(H,23,25);1H. The summed E-state index contributed by atoms with van der Waals surface area (Å²) in [5.41, 5.74) is 9.56. The number of nitrogens with one attached hydrogen (secondary N) is 1. The molecule has 3 N–H and O–H groups in total. The topological polar surface area (TPSA) is 84.7 Å². The molecule has 0 bridgehead atoms. The van der Waals surface area contributed by atoms with E-state index in [4.69, 9.17) is 10.5 Å². The van der Waals surface area contributed by atoms with Gasteiger partial charge in [-0.2, -0.15) is 0 Å². The predicted octanol–water partition coefficient (Wildman–Crippen LogP) is 3.00. The van der Waals surface area contributed by atoms with E-state index < -0.39 is 6.10 Å². The quantitative estimate of drug-likeness (QED) is 0.774. The summed E-state index contributed by atoms with van der Waals surface area (Å²) in [6.07, 6.45) is 2.25. The molecule has 6 nitrogen and oxygen atoms in total. The molecule has 2 unspecified atom stereocenters. The Hall–Kier alpha value is -2.73. The number of rotatable bonds is 3. The van der Waals surface area contributed by atoms with Crippen LogP contribution in [-0.4, -0.2) is 24.5 Å². The second-order valence-electron chi connectivity index (χ2n) is 7.12. The Morgan fingerprint density at radius 2 is 2.07 bits per heavy atom. The molecule has 0 saturated carbocycles. The van der Waals surface area contributed by atoms with Crippen LogP contribution in [0.3, 0.4) is 0 Å². The van der Waals surface area contributed by atoms with E-state index >= 15 is 0 Å². The largest absolute Gasteiger partial charge is 0.479 e. The number of halogens is 1. The van der Waals surface area contributed by atoms with E-state index in [-0.39, 0.29) is 36.8 Å². The molecule has 0 radical (unpaired) electrons. The first-order valence-electron chi connectivity index (χ1n) is 9.27. The Morgan fingerprint density at radius 1 is 1.29 bits per heavy atom. The highest BCUT2D eigenvalue weighted by Crippen LogP contribution is 2.34. The Morgan fingerprint density at radius 3 is 2.89 bits per heavy atom. The number of carbonyl (C=O) groups is 2. The number of hydrogen-bond donors (Lipinski definition) is 2. The number of nitrogen functional groups attached to an aromatic ring is 1. The summed E-state index contributed by atoms with van der Waals surface area (Å²) in [5, 5.41) is 3.09. The van der Waals surface area contributed by atoms with E-state index in [1.807, 2.05) is 36.4 Å². The van der Waals surface area contributed by atoms with Crippen LogP contribution < -0.4 is 20.7 Å².